The van der Waals surface area contributed by atoms with Crippen LogP contribution in [0.4, 0.5) is 10.2 Å². The minimum Gasteiger partial charge on any atom is -0.261 e. The van der Waals surface area contributed by atoms with Crippen molar-refractivity contribution in [3.05, 3.63) is 52.9 Å². The second-order valence-corrected chi connectivity index (χ2v) is 8.03. The maximum absolute atomic E-state index is 13.7. The van der Waals surface area contributed by atoms with Gasteiger partial charge in [0.2, 0.25) is 0 Å². The topological polar surface area (TPSA) is 76.9 Å². The van der Waals surface area contributed by atoms with Crippen molar-refractivity contribution in [2.75, 3.05) is 4.72 Å². The van der Waals surface area contributed by atoms with Gasteiger partial charge in [-0.1, -0.05) is 0 Å². The van der Waals surface area contributed by atoms with Gasteiger partial charge in [0.25, 0.3) is 10.0 Å². The van der Waals surface area contributed by atoms with E-state index in [-0.39, 0.29) is 15.8 Å². The molecule has 3 aromatic heterocycles. The third kappa shape index (κ3) is 3.10. The molecule has 0 atom stereocenters. The van der Waals surface area contributed by atoms with Crippen LogP contribution in [-0.2, 0) is 10.0 Å². The number of anilines is 1. The Labute approximate surface area is 136 Å². The van der Waals surface area contributed by atoms with Crippen molar-refractivity contribution in [1.82, 2.24) is 14.8 Å². The summed E-state index contributed by atoms with van der Waals surface area (Å²) in [6, 6.07) is 5.77. The standard InChI is InChI=1S/C14H13FN4O2S2/c1-9-8-13(22-10(9)2)23(20,21)18-12-5-7-19(17-12)14-11(15)4-3-6-16-14/h3-8H,1-2H3,(H,17,18). The third-order valence-corrected chi connectivity index (χ3v) is 6.17. The molecule has 0 saturated heterocycles. The van der Waals surface area contributed by atoms with Gasteiger partial charge in [-0.2, -0.15) is 0 Å². The van der Waals surface area contributed by atoms with Crippen molar-refractivity contribution in [2.45, 2.75) is 18.1 Å². The first kappa shape index (κ1) is 15.6. The van der Waals surface area contributed by atoms with Crippen molar-refractivity contribution in [2.24, 2.45) is 0 Å². The number of halogens is 1. The number of nitrogens with zero attached hydrogens (tertiary/aromatic N) is 3. The first-order valence-electron chi connectivity index (χ1n) is 6.63. The Morgan fingerprint density at radius 1 is 1.30 bits per heavy atom. The highest BCUT2D eigenvalue weighted by atomic mass is 32.2. The van der Waals surface area contributed by atoms with Gasteiger partial charge in [-0.25, -0.2) is 22.5 Å². The summed E-state index contributed by atoms with van der Waals surface area (Å²) in [7, 11) is -3.72. The number of aromatic nitrogens is 3. The molecular weight excluding hydrogens is 339 g/mol. The highest BCUT2D eigenvalue weighted by molar-refractivity contribution is 7.94. The molecule has 3 rings (SSSR count). The molecule has 6 nitrogen and oxygen atoms in total. The molecule has 1 N–H and O–H groups in total. The van der Waals surface area contributed by atoms with Crippen LogP contribution in [0.15, 0.2) is 40.9 Å². The lowest BCUT2D eigenvalue weighted by atomic mass is 10.3. The highest BCUT2D eigenvalue weighted by Crippen LogP contribution is 2.26. The van der Waals surface area contributed by atoms with Gasteiger partial charge in [0.1, 0.15) is 4.21 Å². The van der Waals surface area contributed by atoms with Gasteiger partial charge >= 0.3 is 0 Å². The molecule has 23 heavy (non-hydrogen) atoms. The van der Waals surface area contributed by atoms with E-state index in [1.54, 1.807) is 6.07 Å². The van der Waals surface area contributed by atoms with Crippen molar-refractivity contribution < 1.29 is 12.8 Å². The fraction of sp³-hybridized carbons (Fsp3) is 0.143. The van der Waals surface area contributed by atoms with Crippen molar-refractivity contribution in [3.8, 4) is 5.82 Å². The average molecular weight is 352 g/mol. The molecule has 0 amide bonds. The van der Waals surface area contributed by atoms with Crippen LogP contribution >= 0.6 is 11.3 Å². The van der Waals surface area contributed by atoms with E-state index in [1.807, 2.05) is 13.8 Å². The number of thiophene rings is 1. The first-order chi connectivity index (χ1) is 10.9. The Morgan fingerprint density at radius 2 is 2.09 bits per heavy atom. The Balaban J connectivity index is 1.88. The lowest BCUT2D eigenvalue weighted by Gasteiger charge is -2.03. The van der Waals surface area contributed by atoms with E-state index in [1.165, 1.54) is 46.6 Å². The molecular formula is C14H13FN4O2S2. The predicted octanol–water partition coefficient (Wildman–Crippen LogP) is 2.89. The van der Waals surface area contributed by atoms with E-state index in [9.17, 15) is 12.8 Å². The third-order valence-electron chi connectivity index (χ3n) is 3.19. The predicted molar refractivity (Wildman–Crippen MR) is 85.9 cm³/mol. The number of rotatable bonds is 4. The summed E-state index contributed by atoms with van der Waals surface area (Å²) in [5.74, 6) is -0.450. The maximum atomic E-state index is 13.7. The van der Waals surface area contributed by atoms with Crippen LogP contribution in [0.2, 0.25) is 0 Å². The summed E-state index contributed by atoms with van der Waals surface area (Å²) in [6.07, 6.45) is 2.87. The molecule has 0 saturated carbocycles. The lowest BCUT2D eigenvalue weighted by molar-refractivity contribution is 0.600. The second kappa shape index (κ2) is 5.74. The molecule has 3 aromatic rings. The second-order valence-electron chi connectivity index (χ2n) is 4.86. The normalized spacial score (nSPS) is 11.6. The lowest BCUT2D eigenvalue weighted by Crippen LogP contribution is -2.12. The summed E-state index contributed by atoms with van der Waals surface area (Å²) < 4.78 is 42.1. The molecule has 0 fully saturated rings. The van der Waals surface area contributed by atoms with Crippen LogP contribution in [0, 0.1) is 19.7 Å². The van der Waals surface area contributed by atoms with Crippen LogP contribution in [-0.4, -0.2) is 23.2 Å². The number of aryl methyl sites for hydroxylation is 2. The fourth-order valence-corrected chi connectivity index (χ4v) is 4.41. The van der Waals surface area contributed by atoms with E-state index in [0.717, 1.165) is 10.4 Å². The van der Waals surface area contributed by atoms with E-state index in [4.69, 9.17) is 0 Å². The quantitative estimate of drug-likeness (QED) is 0.783. The molecule has 120 valence electrons. The minimum atomic E-state index is -3.72. The van der Waals surface area contributed by atoms with Gasteiger partial charge < -0.3 is 0 Å². The zero-order chi connectivity index (χ0) is 16.6. The molecule has 9 heteroatoms. The number of hydrogen-bond acceptors (Lipinski definition) is 5. The number of hydrogen-bond donors (Lipinski definition) is 1. The van der Waals surface area contributed by atoms with Crippen molar-refractivity contribution in [3.63, 3.8) is 0 Å². The summed E-state index contributed by atoms with van der Waals surface area (Å²) in [6.45, 7) is 3.71. The average Bonchev–Trinajstić information content (AvgIpc) is 3.07. The molecule has 0 aromatic carbocycles. The summed E-state index contributed by atoms with van der Waals surface area (Å²) in [4.78, 5) is 4.82. The summed E-state index contributed by atoms with van der Waals surface area (Å²) >= 11 is 1.19. The fourth-order valence-electron chi connectivity index (χ4n) is 1.90. The summed E-state index contributed by atoms with van der Waals surface area (Å²) in [5, 5.41) is 4.01. The Hall–Kier alpha value is -2.26. The van der Waals surface area contributed by atoms with E-state index in [2.05, 4.69) is 14.8 Å². The zero-order valence-electron chi connectivity index (χ0n) is 12.3. The molecule has 0 radical (unpaired) electrons. The van der Waals surface area contributed by atoms with Gasteiger partial charge in [-0.15, -0.1) is 16.4 Å². The monoisotopic (exact) mass is 352 g/mol. The molecule has 3 heterocycles. The van der Waals surface area contributed by atoms with Crippen LogP contribution in [0.1, 0.15) is 10.4 Å². The zero-order valence-corrected chi connectivity index (χ0v) is 13.9. The van der Waals surface area contributed by atoms with Gasteiger partial charge in [0, 0.05) is 23.3 Å². The van der Waals surface area contributed by atoms with Crippen molar-refractivity contribution in [1.29, 1.82) is 0 Å². The van der Waals surface area contributed by atoms with Crippen LogP contribution in [0.3, 0.4) is 0 Å². The Bertz CT molecular complexity index is 943. The van der Waals surface area contributed by atoms with Crippen LogP contribution in [0.25, 0.3) is 5.82 Å². The number of sulfonamides is 1. The van der Waals surface area contributed by atoms with Crippen LogP contribution < -0.4 is 4.72 Å². The SMILES string of the molecule is Cc1cc(S(=O)(=O)Nc2ccn(-c3ncccc3F)n2)sc1C. The summed E-state index contributed by atoms with van der Waals surface area (Å²) in [5.41, 5.74) is 0.913. The molecule has 0 aliphatic heterocycles. The molecule has 0 unspecified atom stereocenters. The van der Waals surface area contributed by atoms with E-state index >= 15 is 0 Å². The number of nitrogens with one attached hydrogen (secondary N) is 1. The highest BCUT2D eigenvalue weighted by Gasteiger charge is 2.19. The smallest absolute Gasteiger partial charge is 0.261 e. The molecule has 0 aliphatic carbocycles. The maximum Gasteiger partial charge on any atom is 0.272 e. The first-order valence-corrected chi connectivity index (χ1v) is 8.93. The van der Waals surface area contributed by atoms with Crippen LogP contribution in [0.5, 0.6) is 0 Å². The van der Waals surface area contributed by atoms with E-state index < -0.39 is 15.8 Å². The van der Waals surface area contributed by atoms with Gasteiger partial charge in [-0.05, 0) is 37.6 Å². The number of pyridine rings is 1. The van der Waals surface area contributed by atoms with Gasteiger partial charge in [-0.3, -0.25) is 4.72 Å². The molecule has 0 aliphatic rings. The minimum absolute atomic E-state index is 0.000704. The van der Waals surface area contributed by atoms with E-state index in [0.29, 0.717) is 0 Å². The largest absolute Gasteiger partial charge is 0.272 e. The Morgan fingerprint density at radius 3 is 2.74 bits per heavy atom. The van der Waals surface area contributed by atoms with Gasteiger partial charge in [0.05, 0.1) is 0 Å². The van der Waals surface area contributed by atoms with Gasteiger partial charge in [0.15, 0.2) is 17.5 Å². The molecule has 0 spiro atoms. The van der Waals surface area contributed by atoms with Crippen molar-refractivity contribution >= 4 is 27.2 Å². The Kier molecular flexibility index (Phi) is 3.90. The molecule has 0 bridgehead atoms.